The van der Waals surface area contributed by atoms with E-state index >= 15 is 0 Å². The van der Waals surface area contributed by atoms with Crippen molar-refractivity contribution >= 4 is 0 Å². The maximum Gasteiger partial charge on any atom is 0.0243 e. The second-order valence-electron chi connectivity index (χ2n) is 6.49. The van der Waals surface area contributed by atoms with Gasteiger partial charge in [-0.2, -0.15) is 0 Å². The molecule has 0 aliphatic carbocycles. The van der Waals surface area contributed by atoms with E-state index in [2.05, 4.69) is 58.8 Å². The molecule has 0 heterocycles. The first kappa shape index (κ1) is 15.9. The standard InChI is InChI=1S/C14H32N2/c1-8-9-15-13(14(4,5)6)11-16(7)10-12(2)3/h12-13,15H,8-11H2,1-7H3. The smallest absolute Gasteiger partial charge is 0.0243 e. The predicted octanol–water partition coefficient (Wildman–Crippen LogP) is 2.99. The highest BCUT2D eigenvalue weighted by molar-refractivity contribution is 4.82. The molecule has 0 amide bonds. The number of rotatable bonds is 7. The topological polar surface area (TPSA) is 15.3 Å². The Morgan fingerprint density at radius 1 is 1.12 bits per heavy atom. The molecule has 1 N–H and O–H groups in total. The number of hydrogen-bond acceptors (Lipinski definition) is 2. The van der Waals surface area contributed by atoms with Crippen LogP contribution in [0, 0.1) is 11.3 Å². The molecule has 0 radical (unpaired) electrons. The van der Waals surface area contributed by atoms with Gasteiger partial charge in [0.25, 0.3) is 0 Å². The zero-order valence-electron chi connectivity index (χ0n) is 12.4. The fourth-order valence-electron chi connectivity index (χ4n) is 1.97. The van der Waals surface area contributed by atoms with Crippen LogP contribution in [0.15, 0.2) is 0 Å². The third kappa shape index (κ3) is 7.24. The second-order valence-corrected chi connectivity index (χ2v) is 6.49. The second kappa shape index (κ2) is 7.29. The molecule has 0 spiro atoms. The van der Waals surface area contributed by atoms with E-state index in [1.807, 2.05) is 0 Å². The van der Waals surface area contributed by atoms with Crippen molar-refractivity contribution in [3.05, 3.63) is 0 Å². The first-order valence-corrected chi connectivity index (χ1v) is 6.69. The first-order chi connectivity index (χ1) is 7.27. The lowest BCUT2D eigenvalue weighted by Gasteiger charge is -2.35. The molecule has 98 valence electrons. The molecule has 0 aromatic rings. The van der Waals surface area contributed by atoms with Crippen molar-refractivity contribution < 1.29 is 0 Å². The Morgan fingerprint density at radius 3 is 2.06 bits per heavy atom. The van der Waals surface area contributed by atoms with Crippen LogP contribution < -0.4 is 5.32 Å². The van der Waals surface area contributed by atoms with Crippen molar-refractivity contribution in [2.45, 2.75) is 54.0 Å². The zero-order valence-corrected chi connectivity index (χ0v) is 12.4. The van der Waals surface area contributed by atoms with Crippen LogP contribution in [0.25, 0.3) is 0 Å². The lowest BCUT2D eigenvalue weighted by molar-refractivity contribution is 0.184. The van der Waals surface area contributed by atoms with Crippen molar-refractivity contribution in [1.29, 1.82) is 0 Å². The predicted molar refractivity (Wildman–Crippen MR) is 73.9 cm³/mol. The summed E-state index contributed by atoms with van der Waals surface area (Å²) in [6, 6.07) is 0.580. The van der Waals surface area contributed by atoms with Gasteiger partial charge in [0.2, 0.25) is 0 Å². The summed E-state index contributed by atoms with van der Waals surface area (Å²) >= 11 is 0. The van der Waals surface area contributed by atoms with E-state index in [0.29, 0.717) is 11.5 Å². The molecule has 0 aliphatic heterocycles. The van der Waals surface area contributed by atoms with Gasteiger partial charge < -0.3 is 10.2 Å². The van der Waals surface area contributed by atoms with E-state index in [4.69, 9.17) is 0 Å². The Labute approximate surface area is 103 Å². The molecule has 0 aromatic heterocycles. The Kier molecular flexibility index (Phi) is 7.25. The summed E-state index contributed by atoms with van der Waals surface area (Å²) in [7, 11) is 2.23. The highest BCUT2D eigenvalue weighted by atomic mass is 15.1. The summed E-state index contributed by atoms with van der Waals surface area (Å²) in [5.41, 5.74) is 0.334. The average molecular weight is 228 g/mol. The number of nitrogens with one attached hydrogen (secondary N) is 1. The molecule has 16 heavy (non-hydrogen) atoms. The average Bonchev–Trinajstić information content (AvgIpc) is 2.08. The van der Waals surface area contributed by atoms with Gasteiger partial charge in [-0.15, -0.1) is 0 Å². The minimum absolute atomic E-state index is 0.334. The molecular formula is C14H32N2. The van der Waals surface area contributed by atoms with Crippen LogP contribution in [0.4, 0.5) is 0 Å². The van der Waals surface area contributed by atoms with Crippen LogP contribution in [-0.2, 0) is 0 Å². The van der Waals surface area contributed by atoms with Crippen molar-refractivity contribution in [2.75, 3.05) is 26.7 Å². The highest BCUT2D eigenvalue weighted by Gasteiger charge is 2.24. The number of nitrogens with zero attached hydrogens (tertiary/aromatic N) is 1. The third-order valence-electron chi connectivity index (χ3n) is 2.86. The zero-order chi connectivity index (χ0) is 12.8. The summed E-state index contributed by atoms with van der Waals surface area (Å²) in [4.78, 5) is 2.45. The summed E-state index contributed by atoms with van der Waals surface area (Å²) in [5.74, 6) is 0.747. The molecule has 1 unspecified atom stereocenters. The van der Waals surface area contributed by atoms with Crippen molar-refractivity contribution in [1.82, 2.24) is 10.2 Å². The quantitative estimate of drug-likeness (QED) is 0.720. The minimum Gasteiger partial charge on any atom is -0.312 e. The van der Waals surface area contributed by atoms with Gasteiger partial charge >= 0.3 is 0 Å². The summed E-state index contributed by atoms with van der Waals surface area (Å²) < 4.78 is 0. The van der Waals surface area contributed by atoms with Gasteiger partial charge in [-0.05, 0) is 31.3 Å². The molecule has 0 aromatic carbocycles. The van der Waals surface area contributed by atoms with Gasteiger partial charge in [0.15, 0.2) is 0 Å². The van der Waals surface area contributed by atoms with Gasteiger partial charge in [0.1, 0.15) is 0 Å². The van der Waals surface area contributed by atoms with Crippen LogP contribution in [0.1, 0.15) is 48.0 Å². The largest absolute Gasteiger partial charge is 0.312 e. The van der Waals surface area contributed by atoms with E-state index in [9.17, 15) is 0 Å². The summed E-state index contributed by atoms with van der Waals surface area (Å²) in [6.07, 6.45) is 1.21. The highest BCUT2D eigenvalue weighted by Crippen LogP contribution is 2.20. The molecule has 2 heteroatoms. The minimum atomic E-state index is 0.334. The molecule has 0 saturated carbocycles. The monoisotopic (exact) mass is 228 g/mol. The fraction of sp³-hybridized carbons (Fsp3) is 1.00. The SMILES string of the molecule is CCCNC(CN(C)CC(C)C)C(C)(C)C. The van der Waals surface area contributed by atoms with E-state index in [1.54, 1.807) is 0 Å². The lowest BCUT2D eigenvalue weighted by atomic mass is 9.86. The van der Waals surface area contributed by atoms with Crippen LogP contribution in [-0.4, -0.2) is 37.6 Å². The maximum atomic E-state index is 3.67. The lowest BCUT2D eigenvalue weighted by Crippen LogP contribution is -2.48. The summed E-state index contributed by atoms with van der Waals surface area (Å²) in [6.45, 7) is 17.2. The van der Waals surface area contributed by atoms with Gasteiger partial charge in [-0.3, -0.25) is 0 Å². The molecule has 0 bridgehead atoms. The van der Waals surface area contributed by atoms with Crippen LogP contribution in [0.3, 0.4) is 0 Å². The molecule has 0 saturated heterocycles. The van der Waals surface area contributed by atoms with Crippen molar-refractivity contribution in [3.63, 3.8) is 0 Å². The number of likely N-dealkylation sites (N-methyl/N-ethyl adjacent to an activating group) is 1. The van der Waals surface area contributed by atoms with Gasteiger partial charge in [-0.1, -0.05) is 41.5 Å². The van der Waals surface area contributed by atoms with Crippen molar-refractivity contribution in [2.24, 2.45) is 11.3 Å². The van der Waals surface area contributed by atoms with E-state index in [1.165, 1.54) is 13.0 Å². The first-order valence-electron chi connectivity index (χ1n) is 6.69. The van der Waals surface area contributed by atoms with Crippen molar-refractivity contribution in [3.8, 4) is 0 Å². The molecule has 0 aliphatic rings. The molecule has 2 nitrogen and oxygen atoms in total. The van der Waals surface area contributed by atoms with E-state index in [0.717, 1.165) is 19.0 Å². The Bertz CT molecular complexity index is 170. The van der Waals surface area contributed by atoms with Gasteiger partial charge in [0, 0.05) is 19.1 Å². The normalized spacial score (nSPS) is 14.8. The molecular weight excluding hydrogens is 196 g/mol. The fourth-order valence-corrected chi connectivity index (χ4v) is 1.97. The number of hydrogen-bond donors (Lipinski definition) is 1. The molecule has 0 fully saturated rings. The van der Waals surface area contributed by atoms with Gasteiger partial charge in [0.05, 0.1) is 0 Å². The van der Waals surface area contributed by atoms with E-state index < -0.39 is 0 Å². The molecule has 0 rings (SSSR count). The maximum absolute atomic E-state index is 3.67. The van der Waals surface area contributed by atoms with Crippen LogP contribution >= 0.6 is 0 Å². The third-order valence-corrected chi connectivity index (χ3v) is 2.86. The molecule has 1 atom stereocenters. The Hall–Kier alpha value is -0.0800. The Morgan fingerprint density at radius 2 is 1.69 bits per heavy atom. The van der Waals surface area contributed by atoms with Crippen LogP contribution in [0.5, 0.6) is 0 Å². The summed E-state index contributed by atoms with van der Waals surface area (Å²) in [5, 5.41) is 3.67. The Balaban J connectivity index is 4.20. The van der Waals surface area contributed by atoms with E-state index in [-0.39, 0.29) is 0 Å². The van der Waals surface area contributed by atoms with Gasteiger partial charge in [-0.25, -0.2) is 0 Å². The van der Waals surface area contributed by atoms with Crippen LogP contribution in [0.2, 0.25) is 0 Å².